The Morgan fingerprint density at radius 1 is 1.13 bits per heavy atom. The summed E-state index contributed by atoms with van der Waals surface area (Å²) in [5.41, 5.74) is 1.82. The molecule has 0 heterocycles. The van der Waals surface area contributed by atoms with Crippen molar-refractivity contribution >= 4 is 11.6 Å². The summed E-state index contributed by atoms with van der Waals surface area (Å²) in [4.78, 5) is 13.7. The lowest BCUT2D eigenvalue weighted by molar-refractivity contribution is -0.123. The zero-order valence-corrected chi connectivity index (χ0v) is 13.4. The number of aliphatic hydroxyl groups is 1. The second kappa shape index (κ2) is 8.19. The van der Waals surface area contributed by atoms with Crippen LogP contribution in [-0.2, 0) is 4.79 Å². The van der Waals surface area contributed by atoms with Gasteiger partial charge in [-0.05, 0) is 29.8 Å². The third-order valence-corrected chi connectivity index (χ3v) is 3.40. The maximum atomic E-state index is 11.7. The Balaban J connectivity index is 1.77. The molecule has 2 N–H and O–H groups in total. The van der Waals surface area contributed by atoms with E-state index in [0.29, 0.717) is 5.75 Å². The third-order valence-electron chi connectivity index (χ3n) is 3.40. The zero-order chi connectivity index (χ0) is 16.7. The molecule has 122 valence electrons. The first-order valence-corrected chi connectivity index (χ1v) is 7.46. The molecule has 0 aliphatic rings. The van der Waals surface area contributed by atoms with Crippen LogP contribution in [0, 0.1) is 0 Å². The van der Waals surface area contributed by atoms with Gasteiger partial charge in [0.25, 0.3) is 5.91 Å². The molecular formula is C18H22N2O3. The highest BCUT2D eigenvalue weighted by Crippen LogP contribution is 2.17. The molecule has 2 rings (SSSR count). The van der Waals surface area contributed by atoms with Crippen molar-refractivity contribution in [2.45, 2.75) is 6.10 Å². The lowest BCUT2D eigenvalue weighted by Crippen LogP contribution is -2.32. The molecule has 2 aromatic rings. The van der Waals surface area contributed by atoms with Crippen LogP contribution in [0.2, 0.25) is 0 Å². The Hall–Kier alpha value is -2.53. The highest BCUT2D eigenvalue weighted by molar-refractivity contribution is 5.77. The number of aliphatic hydroxyl groups excluding tert-OH is 1. The average molecular weight is 314 g/mol. The van der Waals surface area contributed by atoms with Gasteiger partial charge < -0.3 is 20.1 Å². The van der Waals surface area contributed by atoms with E-state index in [0.717, 1.165) is 11.3 Å². The molecule has 0 saturated heterocycles. The van der Waals surface area contributed by atoms with Crippen LogP contribution in [0.3, 0.4) is 0 Å². The minimum absolute atomic E-state index is 0.0731. The quantitative estimate of drug-likeness (QED) is 0.820. The molecular weight excluding hydrogens is 292 g/mol. The minimum atomic E-state index is -0.744. The number of rotatable bonds is 7. The summed E-state index contributed by atoms with van der Waals surface area (Å²) in [5, 5.41) is 12.8. The summed E-state index contributed by atoms with van der Waals surface area (Å²) in [7, 11) is 3.91. The number of hydrogen-bond donors (Lipinski definition) is 2. The Kier molecular flexibility index (Phi) is 6.00. The highest BCUT2D eigenvalue weighted by Gasteiger charge is 2.10. The first-order valence-electron chi connectivity index (χ1n) is 7.46. The van der Waals surface area contributed by atoms with Crippen LogP contribution in [-0.4, -0.2) is 38.3 Å². The Labute approximate surface area is 136 Å². The fourth-order valence-electron chi connectivity index (χ4n) is 2.04. The van der Waals surface area contributed by atoms with E-state index in [-0.39, 0.29) is 19.1 Å². The van der Waals surface area contributed by atoms with E-state index in [4.69, 9.17) is 4.74 Å². The SMILES string of the molecule is CN(C)c1ccc(C(O)CNC(=O)COc2ccccc2)cc1. The van der Waals surface area contributed by atoms with Crippen LogP contribution in [0.1, 0.15) is 11.7 Å². The monoisotopic (exact) mass is 314 g/mol. The molecule has 1 unspecified atom stereocenters. The summed E-state index contributed by atoms with van der Waals surface area (Å²) >= 11 is 0. The second-order valence-corrected chi connectivity index (χ2v) is 5.41. The summed E-state index contributed by atoms with van der Waals surface area (Å²) in [6, 6.07) is 16.7. The standard InChI is InChI=1S/C18H22N2O3/c1-20(2)15-10-8-14(9-11-15)17(21)12-19-18(22)13-23-16-6-4-3-5-7-16/h3-11,17,21H,12-13H2,1-2H3,(H,19,22). The van der Waals surface area contributed by atoms with Gasteiger partial charge in [0.15, 0.2) is 6.61 Å². The fourth-order valence-corrected chi connectivity index (χ4v) is 2.04. The smallest absolute Gasteiger partial charge is 0.258 e. The number of benzene rings is 2. The minimum Gasteiger partial charge on any atom is -0.484 e. The molecule has 0 bridgehead atoms. The molecule has 1 atom stereocenters. The van der Waals surface area contributed by atoms with Crippen molar-refractivity contribution < 1.29 is 14.6 Å². The molecule has 0 fully saturated rings. The van der Waals surface area contributed by atoms with Crippen LogP contribution >= 0.6 is 0 Å². The normalized spacial score (nSPS) is 11.6. The summed E-state index contributed by atoms with van der Waals surface area (Å²) in [6.07, 6.45) is -0.744. The number of ether oxygens (including phenoxy) is 1. The van der Waals surface area contributed by atoms with Gasteiger partial charge in [0.05, 0.1) is 6.10 Å². The Bertz CT molecular complexity index is 612. The molecule has 5 nitrogen and oxygen atoms in total. The van der Waals surface area contributed by atoms with Gasteiger partial charge in [-0.1, -0.05) is 30.3 Å². The molecule has 0 aliphatic heterocycles. The van der Waals surface area contributed by atoms with E-state index in [9.17, 15) is 9.90 Å². The largest absolute Gasteiger partial charge is 0.484 e. The number of anilines is 1. The van der Waals surface area contributed by atoms with Crippen LogP contribution < -0.4 is 15.0 Å². The lowest BCUT2D eigenvalue weighted by atomic mass is 10.1. The molecule has 2 aromatic carbocycles. The van der Waals surface area contributed by atoms with Crippen LogP contribution in [0.15, 0.2) is 54.6 Å². The van der Waals surface area contributed by atoms with Crippen molar-refractivity contribution in [3.8, 4) is 5.75 Å². The maximum absolute atomic E-state index is 11.7. The number of para-hydroxylation sites is 1. The summed E-state index contributed by atoms with van der Waals surface area (Å²) in [6.45, 7) is 0.0780. The van der Waals surface area contributed by atoms with Gasteiger partial charge in [-0.3, -0.25) is 4.79 Å². The maximum Gasteiger partial charge on any atom is 0.258 e. The fraction of sp³-hybridized carbons (Fsp3) is 0.278. The number of nitrogens with one attached hydrogen (secondary N) is 1. The van der Waals surface area contributed by atoms with Crippen molar-refractivity contribution in [2.75, 3.05) is 32.1 Å². The molecule has 23 heavy (non-hydrogen) atoms. The van der Waals surface area contributed by atoms with Gasteiger partial charge in [-0.2, -0.15) is 0 Å². The number of amides is 1. The molecule has 0 aromatic heterocycles. The molecule has 0 radical (unpaired) electrons. The molecule has 5 heteroatoms. The number of carbonyl (C=O) groups excluding carboxylic acids is 1. The molecule has 0 saturated carbocycles. The second-order valence-electron chi connectivity index (χ2n) is 5.41. The topological polar surface area (TPSA) is 61.8 Å². The van der Waals surface area contributed by atoms with Crippen molar-refractivity contribution in [3.05, 3.63) is 60.2 Å². The van der Waals surface area contributed by atoms with Gasteiger partial charge in [-0.25, -0.2) is 0 Å². The first-order chi connectivity index (χ1) is 11.1. The first kappa shape index (κ1) is 16.8. The zero-order valence-electron chi connectivity index (χ0n) is 13.4. The number of nitrogens with zero attached hydrogens (tertiary/aromatic N) is 1. The molecule has 0 spiro atoms. The van der Waals surface area contributed by atoms with Gasteiger partial charge in [0, 0.05) is 26.3 Å². The van der Waals surface area contributed by atoms with Gasteiger partial charge in [0.2, 0.25) is 0 Å². The van der Waals surface area contributed by atoms with E-state index >= 15 is 0 Å². The van der Waals surface area contributed by atoms with Crippen molar-refractivity contribution in [1.82, 2.24) is 5.32 Å². The average Bonchev–Trinajstić information content (AvgIpc) is 2.58. The predicted octanol–water partition coefficient (Wildman–Crippen LogP) is 1.98. The van der Waals surface area contributed by atoms with Crippen molar-refractivity contribution in [2.24, 2.45) is 0 Å². The molecule has 0 aliphatic carbocycles. The Morgan fingerprint density at radius 2 is 1.78 bits per heavy atom. The summed E-state index contributed by atoms with van der Waals surface area (Å²) in [5.74, 6) is 0.375. The lowest BCUT2D eigenvalue weighted by Gasteiger charge is -2.16. The van der Waals surface area contributed by atoms with E-state index in [1.165, 1.54) is 0 Å². The van der Waals surface area contributed by atoms with Crippen molar-refractivity contribution in [1.29, 1.82) is 0 Å². The van der Waals surface area contributed by atoms with E-state index < -0.39 is 6.10 Å². The molecule has 1 amide bonds. The van der Waals surface area contributed by atoms with Crippen LogP contribution in [0.25, 0.3) is 0 Å². The van der Waals surface area contributed by atoms with Gasteiger partial charge in [-0.15, -0.1) is 0 Å². The number of hydrogen-bond acceptors (Lipinski definition) is 4. The number of carbonyl (C=O) groups is 1. The van der Waals surface area contributed by atoms with Crippen LogP contribution in [0.4, 0.5) is 5.69 Å². The van der Waals surface area contributed by atoms with E-state index in [1.807, 2.05) is 61.5 Å². The van der Waals surface area contributed by atoms with E-state index in [1.54, 1.807) is 12.1 Å². The highest BCUT2D eigenvalue weighted by atomic mass is 16.5. The van der Waals surface area contributed by atoms with Gasteiger partial charge in [0.1, 0.15) is 5.75 Å². The van der Waals surface area contributed by atoms with Crippen LogP contribution in [0.5, 0.6) is 5.75 Å². The third kappa shape index (κ3) is 5.30. The van der Waals surface area contributed by atoms with Gasteiger partial charge >= 0.3 is 0 Å². The van der Waals surface area contributed by atoms with E-state index in [2.05, 4.69) is 5.32 Å². The predicted molar refractivity (Wildman–Crippen MR) is 90.7 cm³/mol. The summed E-state index contributed by atoms with van der Waals surface area (Å²) < 4.78 is 5.35. The van der Waals surface area contributed by atoms with Crippen molar-refractivity contribution in [3.63, 3.8) is 0 Å². The Morgan fingerprint density at radius 3 is 2.39 bits per heavy atom.